The average Bonchev–Trinajstić information content (AvgIpc) is 2.73. The van der Waals surface area contributed by atoms with E-state index in [1.54, 1.807) is 20.8 Å². The average molecular weight is 425 g/mol. The highest BCUT2D eigenvalue weighted by atomic mass is 16.5. The van der Waals surface area contributed by atoms with Crippen LogP contribution in [-0.4, -0.2) is 33.1 Å². The van der Waals surface area contributed by atoms with Crippen molar-refractivity contribution in [3.63, 3.8) is 0 Å². The van der Waals surface area contributed by atoms with Gasteiger partial charge in [-0.05, 0) is 87.6 Å². The number of ether oxygens (including phenoxy) is 1. The first-order valence-corrected chi connectivity index (χ1v) is 11.5. The van der Waals surface area contributed by atoms with Crippen molar-refractivity contribution in [2.24, 2.45) is 5.92 Å². The maximum atomic E-state index is 11.8. The van der Waals surface area contributed by atoms with E-state index in [9.17, 15) is 15.3 Å². The molecule has 4 atom stereocenters. The number of aliphatic hydroxyl groups is 3. The van der Waals surface area contributed by atoms with Crippen molar-refractivity contribution in [1.82, 2.24) is 0 Å². The van der Waals surface area contributed by atoms with E-state index >= 15 is 0 Å². The van der Waals surface area contributed by atoms with Gasteiger partial charge in [-0.15, -0.1) is 0 Å². The number of fused-ring (bicyclic) bond motifs is 3. The minimum Gasteiger partial charge on any atom is -0.491 e. The number of rotatable bonds is 5. The Balaban J connectivity index is 1.70. The zero-order valence-electron chi connectivity index (χ0n) is 19.2. The lowest BCUT2D eigenvalue weighted by molar-refractivity contribution is -0.205. The number of aryl methyl sites for hydroxylation is 1. The van der Waals surface area contributed by atoms with Gasteiger partial charge in [-0.3, -0.25) is 0 Å². The molecular weight excluding hydrogens is 388 g/mol. The second-order valence-corrected chi connectivity index (χ2v) is 10.5. The van der Waals surface area contributed by atoms with E-state index in [2.05, 4.69) is 19.1 Å². The lowest BCUT2D eigenvalue weighted by Crippen LogP contribution is -2.62. The Kier molecular flexibility index (Phi) is 5.48. The third-order valence-corrected chi connectivity index (χ3v) is 7.72. The standard InChI is InChI=1S/C27H36O4/c1-5-26-17-25(4,29)27(30,20-9-7-6-8-10-20)16-21(26)12-11-19-15-22(13-14-23(19)26)31-18-24(2,3)28/h6-10,13-15,21,28-30H,5,11-12,16-18H2,1-4H3/t21-,25-,26-,27-/m1/s1. The Bertz CT molecular complexity index is 930. The molecule has 0 saturated heterocycles. The number of benzene rings is 2. The molecule has 2 aromatic carbocycles. The van der Waals surface area contributed by atoms with Crippen LogP contribution in [0.15, 0.2) is 48.5 Å². The molecular formula is C27H36O4. The maximum absolute atomic E-state index is 11.8. The van der Waals surface area contributed by atoms with Crippen molar-refractivity contribution in [2.45, 2.75) is 82.0 Å². The minimum absolute atomic E-state index is 0.174. The molecule has 0 aliphatic heterocycles. The molecule has 0 bridgehead atoms. The van der Waals surface area contributed by atoms with Crippen LogP contribution in [0.2, 0.25) is 0 Å². The first kappa shape index (κ1) is 22.3. The van der Waals surface area contributed by atoms with Gasteiger partial charge in [-0.25, -0.2) is 0 Å². The number of hydrogen-bond donors (Lipinski definition) is 3. The van der Waals surface area contributed by atoms with E-state index < -0.39 is 16.8 Å². The molecule has 31 heavy (non-hydrogen) atoms. The highest BCUT2D eigenvalue weighted by Gasteiger charge is 2.60. The van der Waals surface area contributed by atoms with Crippen molar-refractivity contribution in [2.75, 3.05) is 6.61 Å². The Morgan fingerprint density at radius 3 is 2.45 bits per heavy atom. The largest absolute Gasteiger partial charge is 0.491 e. The highest BCUT2D eigenvalue weighted by molar-refractivity contribution is 5.45. The first-order valence-electron chi connectivity index (χ1n) is 11.5. The molecule has 1 saturated carbocycles. The van der Waals surface area contributed by atoms with Crippen molar-refractivity contribution in [3.8, 4) is 5.75 Å². The summed E-state index contributed by atoms with van der Waals surface area (Å²) in [6.07, 6.45) is 3.88. The molecule has 1 fully saturated rings. The lowest BCUT2D eigenvalue weighted by atomic mass is 9.49. The van der Waals surface area contributed by atoms with Gasteiger partial charge in [-0.2, -0.15) is 0 Å². The first-order chi connectivity index (χ1) is 14.5. The van der Waals surface area contributed by atoms with Crippen LogP contribution in [0.25, 0.3) is 0 Å². The summed E-state index contributed by atoms with van der Waals surface area (Å²) in [5.74, 6) is 1.06. The van der Waals surface area contributed by atoms with Crippen molar-refractivity contribution >= 4 is 0 Å². The third-order valence-electron chi connectivity index (χ3n) is 7.72. The van der Waals surface area contributed by atoms with Gasteiger partial charge in [0.25, 0.3) is 0 Å². The molecule has 4 nitrogen and oxygen atoms in total. The van der Waals surface area contributed by atoms with E-state index in [1.165, 1.54) is 11.1 Å². The van der Waals surface area contributed by atoms with Gasteiger partial charge in [0.15, 0.2) is 0 Å². The zero-order valence-corrected chi connectivity index (χ0v) is 19.2. The maximum Gasteiger partial charge on any atom is 0.119 e. The minimum atomic E-state index is -1.26. The molecule has 0 unspecified atom stereocenters. The fourth-order valence-electron chi connectivity index (χ4n) is 6.06. The Morgan fingerprint density at radius 2 is 1.81 bits per heavy atom. The Morgan fingerprint density at radius 1 is 1.10 bits per heavy atom. The van der Waals surface area contributed by atoms with E-state index in [1.807, 2.05) is 36.4 Å². The van der Waals surface area contributed by atoms with Gasteiger partial charge in [0.1, 0.15) is 18.0 Å². The number of hydrogen-bond acceptors (Lipinski definition) is 4. The van der Waals surface area contributed by atoms with Crippen LogP contribution in [0.1, 0.15) is 70.1 Å². The smallest absolute Gasteiger partial charge is 0.119 e. The third kappa shape index (κ3) is 3.79. The zero-order chi connectivity index (χ0) is 22.5. The molecule has 0 heterocycles. The SMILES string of the molecule is CC[C@@]12C[C@@](C)(O)[C@](O)(c3ccccc3)C[C@H]1CCc1cc(OCC(C)(C)O)ccc12. The van der Waals surface area contributed by atoms with Crippen LogP contribution < -0.4 is 4.74 Å². The molecule has 4 heteroatoms. The van der Waals surface area contributed by atoms with Gasteiger partial charge in [0, 0.05) is 5.41 Å². The molecule has 0 radical (unpaired) electrons. The van der Waals surface area contributed by atoms with Gasteiger partial charge < -0.3 is 20.1 Å². The van der Waals surface area contributed by atoms with Crippen LogP contribution in [0.3, 0.4) is 0 Å². The van der Waals surface area contributed by atoms with Crippen LogP contribution in [0.4, 0.5) is 0 Å². The lowest BCUT2D eigenvalue weighted by Gasteiger charge is -2.59. The fourth-order valence-corrected chi connectivity index (χ4v) is 6.06. The molecule has 3 N–H and O–H groups in total. The predicted molar refractivity (Wildman–Crippen MR) is 122 cm³/mol. The van der Waals surface area contributed by atoms with Gasteiger partial charge in [0.2, 0.25) is 0 Å². The van der Waals surface area contributed by atoms with Crippen molar-refractivity contribution in [3.05, 3.63) is 65.2 Å². The second-order valence-electron chi connectivity index (χ2n) is 10.5. The van der Waals surface area contributed by atoms with Crippen LogP contribution in [0, 0.1) is 5.92 Å². The fraction of sp³-hybridized carbons (Fsp3) is 0.556. The Hall–Kier alpha value is -1.88. The second kappa shape index (κ2) is 7.61. The monoisotopic (exact) mass is 424 g/mol. The summed E-state index contributed by atoms with van der Waals surface area (Å²) in [6, 6.07) is 15.9. The normalized spacial score (nSPS) is 32.8. The van der Waals surface area contributed by atoms with Crippen molar-refractivity contribution < 1.29 is 20.1 Å². The summed E-state index contributed by atoms with van der Waals surface area (Å²) < 4.78 is 5.83. The van der Waals surface area contributed by atoms with E-state index in [-0.39, 0.29) is 12.0 Å². The molecule has 0 amide bonds. The molecule has 0 aromatic heterocycles. The van der Waals surface area contributed by atoms with Gasteiger partial charge >= 0.3 is 0 Å². The molecule has 4 rings (SSSR count). The van der Waals surface area contributed by atoms with Crippen LogP contribution >= 0.6 is 0 Å². The van der Waals surface area contributed by atoms with E-state index in [4.69, 9.17) is 4.74 Å². The Labute approximate surface area is 185 Å². The molecule has 2 aliphatic rings. The summed E-state index contributed by atoms with van der Waals surface area (Å²) in [4.78, 5) is 0. The van der Waals surface area contributed by atoms with Crippen LogP contribution in [-0.2, 0) is 17.4 Å². The highest BCUT2D eigenvalue weighted by Crippen LogP contribution is 2.60. The molecule has 0 spiro atoms. The molecule has 168 valence electrons. The topological polar surface area (TPSA) is 69.9 Å². The summed E-state index contributed by atoms with van der Waals surface area (Å²) in [6.45, 7) is 7.71. The summed E-state index contributed by atoms with van der Waals surface area (Å²) >= 11 is 0. The molecule has 2 aliphatic carbocycles. The predicted octanol–water partition coefficient (Wildman–Crippen LogP) is 4.48. The van der Waals surface area contributed by atoms with Gasteiger partial charge in [-0.1, -0.05) is 43.3 Å². The summed E-state index contributed by atoms with van der Waals surface area (Å²) in [5, 5.41) is 33.4. The van der Waals surface area contributed by atoms with E-state index in [0.717, 1.165) is 30.6 Å². The van der Waals surface area contributed by atoms with Crippen molar-refractivity contribution in [1.29, 1.82) is 0 Å². The van der Waals surface area contributed by atoms with E-state index in [0.29, 0.717) is 18.8 Å². The molecule has 2 aromatic rings. The summed E-state index contributed by atoms with van der Waals surface area (Å²) in [7, 11) is 0. The van der Waals surface area contributed by atoms with Crippen LogP contribution in [0.5, 0.6) is 5.75 Å². The van der Waals surface area contributed by atoms with Gasteiger partial charge in [0.05, 0.1) is 11.2 Å². The quantitative estimate of drug-likeness (QED) is 0.662. The summed E-state index contributed by atoms with van der Waals surface area (Å²) in [5.41, 5.74) is -0.228.